The molecule has 2 rings (SSSR count). The Morgan fingerprint density at radius 2 is 1.90 bits per heavy atom. The zero-order valence-corrected chi connectivity index (χ0v) is 6.12. The first kappa shape index (κ1) is 6.62. The highest BCUT2D eigenvalue weighted by Gasteiger charge is 2.37. The molecule has 58 valence electrons. The van der Waals surface area contributed by atoms with Crippen molar-refractivity contribution in [2.75, 3.05) is 6.61 Å². The summed E-state index contributed by atoms with van der Waals surface area (Å²) in [6.45, 7) is 0.789. The molecule has 0 aromatic heterocycles. The molecule has 0 aromatic rings. The molecule has 2 unspecified atom stereocenters. The van der Waals surface area contributed by atoms with Crippen LogP contribution >= 0.6 is 0 Å². The van der Waals surface area contributed by atoms with E-state index >= 15 is 0 Å². The minimum atomic E-state index is -0.150. The Morgan fingerprint density at radius 3 is 2.40 bits per heavy atom. The van der Waals surface area contributed by atoms with Crippen LogP contribution < -0.4 is 0 Å². The van der Waals surface area contributed by atoms with Crippen molar-refractivity contribution in [1.82, 2.24) is 0 Å². The topological polar surface area (TPSA) is 32.8 Å². The van der Waals surface area contributed by atoms with Gasteiger partial charge < -0.3 is 9.84 Å². The number of hydrogen-bond acceptors (Lipinski definition) is 2. The van der Waals surface area contributed by atoms with E-state index in [9.17, 15) is 5.11 Å². The average Bonchev–Trinajstić information content (AvgIpc) is 2.65. The molecule has 0 radical (unpaired) electrons. The third kappa shape index (κ3) is 1.18. The maximum absolute atomic E-state index is 9.56. The van der Waals surface area contributed by atoms with Gasteiger partial charge in [0.2, 0.25) is 0 Å². The molecule has 2 heteroatoms. The van der Waals surface area contributed by atoms with Crippen LogP contribution in [0, 0.1) is 5.92 Å². The second kappa shape index (κ2) is 2.51. The molecule has 1 N–H and O–H groups in total. The Kier molecular flexibility index (Phi) is 1.66. The molecular formula is C8H14O2. The first-order chi connectivity index (χ1) is 4.88. The summed E-state index contributed by atoms with van der Waals surface area (Å²) in [7, 11) is 0. The van der Waals surface area contributed by atoms with Crippen LogP contribution in [0.3, 0.4) is 0 Å². The van der Waals surface area contributed by atoms with Crippen LogP contribution in [0.4, 0.5) is 0 Å². The van der Waals surface area contributed by atoms with Gasteiger partial charge in [-0.15, -0.1) is 0 Å². The van der Waals surface area contributed by atoms with E-state index in [2.05, 4.69) is 0 Å². The van der Waals surface area contributed by atoms with Crippen molar-refractivity contribution in [2.24, 2.45) is 5.92 Å². The Balaban J connectivity index is 1.84. The lowest BCUT2D eigenvalue weighted by Gasteiger charge is -2.14. The zero-order chi connectivity index (χ0) is 6.97. The van der Waals surface area contributed by atoms with Gasteiger partial charge in [0.05, 0.1) is 12.7 Å². The van der Waals surface area contributed by atoms with Crippen LogP contribution in [0.5, 0.6) is 0 Å². The van der Waals surface area contributed by atoms with E-state index < -0.39 is 0 Å². The molecular weight excluding hydrogens is 128 g/mol. The fourth-order valence-corrected chi connectivity index (χ4v) is 1.86. The summed E-state index contributed by atoms with van der Waals surface area (Å²) >= 11 is 0. The van der Waals surface area contributed by atoms with Gasteiger partial charge >= 0.3 is 0 Å². The molecule has 1 aliphatic heterocycles. The van der Waals surface area contributed by atoms with E-state index in [4.69, 9.17) is 4.74 Å². The van der Waals surface area contributed by atoms with Gasteiger partial charge in [-0.25, -0.2) is 0 Å². The lowest BCUT2D eigenvalue weighted by Crippen LogP contribution is -2.23. The Labute approximate surface area is 61.2 Å². The molecule has 1 saturated heterocycles. The maximum atomic E-state index is 9.56. The van der Waals surface area contributed by atoms with Gasteiger partial charge in [-0.2, -0.15) is 0 Å². The molecule has 2 nitrogen and oxygen atoms in total. The van der Waals surface area contributed by atoms with E-state index in [0.717, 1.165) is 6.61 Å². The largest absolute Gasteiger partial charge is 0.390 e. The van der Waals surface area contributed by atoms with Crippen LogP contribution in [0.1, 0.15) is 25.7 Å². The monoisotopic (exact) mass is 142 g/mol. The highest BCUT2D eigenvalue weighted by molar-refractivity contribution is 4.86. The molecule has 0 amide bonds. The molecule has 0 bridgehead atoms. The Hall–Kier alpha value is -0.0800. The average molecular weight is 142 g/mol. The second-order valence-corrected chi connectivity index (χ2v) is 3.41. The van der Waals surface area contributed by atoms with Gasteiger partial charge in [0.1, 0.15) is 6.10 Å². The summed E-state index contributed by atoms with van der Waals surface area (Å²) in [6.07, 6.45) is 5.07. The van der Waals surface area contributed by atoms with Gasteiger partial charge in [-0.3, -0.25) is 0 Å². The summed E-state index contributed by atoms with van der Waals surface area (Å²) in [5.41, 5.74) is 0. The van der Waals surface area contributed by atoms with Gasteiger partial charge in [0.15, 0.2) is 0 Å². The second-order valence-electron chi connectivity index (χ2n) is 3.41. The highest BCUT2D eigenvalue weighted by atomic mass is 16.6. The molecule has 0 spiro atoms. The van der Waals surface area contributed by atoms with Gasteiger partial charge in [0.25, 0.3) is 0 Å². The quantitative estimate of drug-likeness (QED) is 0.582. The Morgan fingerprint density at radius 1 is 1.30 bits per heavy atom. The lowest BCUT2D eigenvalue weighted by molar-refractivity contribution is 0.0797. The Bertz CT molecular complexity index is 114. The minimum Gasteiger partial charge on any atom is -0.390 e. The number of hydrogen-bond donors (Lipinski definition) is 1. The summed E-state index contributed by atoms with van der Waals surface area (Å²) in [6, 6.07) is 0. The van der Waals surface area contributed by atoms with Crippen LogP contribution in [0.25, 0.3) is 0 Å². The molecule has 2 fully saturated rings. The van der Waals surface area contributed by atoms with Crippen molar-refractivity contribution >= 4 is 0 Å². The van der Waals surface area contributed by atoms with Crippen LogP contribution in [0.15, 0.2) is 0 Å². The molecule has 0 aromatic carbocycles. The summed E-state index contributed by atoms with van der Waals surface area (Å²) in [5, 5.41) is 9.56. The van der Waals surface area contributed by atoms with Gasteiger partial charge in [0, 0.05) is 0 Å². The van der Waals surface area contributed by atoms with Crippen molar-refractivity contribution in [3.8, 4) is 0 Å². The predicted octanol–water partition coefficient (Wildman–Crippen LogP) is 0.936. The van der Waals surface area contributed by atoms with E-state index in [-0.39, 0.29) is 12.2 Å². The van der Waals surface area contributed by atoms with E-state index in [1.807, 2.05) is 0 Å². The fourth-order valence-electron chi connectivity index (χ4n) is 1.86. The van der Waals surface area contributed by atoms with Crippen molar-refractivity contribution in [2.45, 2.75) is 37.9 Å². The van der Waals surface area contributed by atoms with E-state index in [0.29, 0.717) is 5.92 Å². The normalized spacial score (nSPS) is 36.3. The van der Waals surface area contributed by atoms with Crippen molar-refractivity contribution < 1.29 is 9.84 Å². The van der Waals surface area contributed by atoms with Crippen LogP contribution in [-0.2, 0) is 4.74 Å². The number of aliphatic hydroxyl groups is 1. The summed E-state index contributed by atoms with van der Waals surface area (Å²) in [5.74, 6) is 0.549. The lowest BCUT2D eigenvalue weighted by atomic mass is 9.99. The zero-order valence-electron chi connectivity index (χ0n) is 6.12. The third-order valence-corrected chi connectivity index (χ3v) is 2.62. The number of aliphatic hydroxyl groups excluding tert-OH is 1. The molecule has 1 aliphatic carbocycles. The SMILES string of the molecule is OC(C1CCCC1)C1CO1. The molecule has 2 aliphatic rings. The number of ether oxygens (including phenoxy) is 1. The molecule has 1 saturated carbocycles. The minimum absolute atomic E-state index is 0.150. The first-order valence-electron chi connectivity index (χ1n) is 4.17. The molecule has 10 heavy (non-hydrogen) atoms. The number of epoxide rings is 1. The maximum Gasteiger partial charge on any atom is 0.107 e. The summed E-state index contributed by atoms with van der Waals surface area (Å²) < 4.78 is 5.03. The fraction of sp³-hybridized carbons (Fsp3) is 1.00. The van der Waals surface area contributed by atoms with Crippen LogP contribution in [-0.4, -0.2) is 23.9 Å². The van der Waals surface area contributed by atoms with Crippen LogP contribution in [0.2, 0.25) is 0 Å². The van der Waals surface area contributed by atoms with Crippen molar-refractivity contribution in [1.29, 1.82) is 0 Å². The predicted molar refractivity (Wildman–Crippen MR) is 37.7 cm³/mol. The smallest absolute Gasteiger partial charge is 0.107 e. The number of rotatable bonds is 2. The first-order valence-corrected chi connectivity index (χ1v) is 4.17. The van der Waals surface area contributed by atoms with Gasteiger partial charge in [-0.05, 0) is 18.8 Å². The van der Waals surface area contributed by atoms with Gasteiger partial charge in [-0.1, -0.05) is 12.8 Å². The van der Waals surface area contributed by atoms with Crippen molar-refractivity contribution in [3.05, 3.63) is 0 Å². The van der Waals surface area contributed by atoms with Crippen molar-refractivity contribution in [3.63, 3.8) is 0 Å². The standard InChI is InChI=1S/C8H14O2/c9-8(7-5-10-7)6-3-1-2-4-6/h6-9H,1-5H2. The molecule has 2 atom stereocenters. The summed E-state index contributed by atoms with van der Waals surface area (Å²) in [4.78, 5) is 0. The molecule has 1 heterocycles. The highest BCUT2D eigenvalue weighted by Crippen LogP contribution is 2.32. The van der Waals surface area contributed by atoms with E-state index in [1.54, 1.807) is 0 Å². The third-order valence-electron chi connectivity index (χ3n) is 2.62. The van der Waals surface area contributed by atoms with E-state index in [1.165, 1.54) is 25.7 Å².